The summed E-state index contributed by atoms with van der Waals surface area (Å²) in [6, 6.07) is 15.6. The quantitative estimate of drug-likeness (QED) is 0.103. The number of benzene rings is 3. The van der Waals surface area contributed by atoms with Gasteiger partial charge in [0.1, 0.15) is 22.3 Å². The van der Waals surface area contributed by atoms with Gasteiger partial charge in [-0.15, -0.1) is 15.9 Å². The summed E-state index contributed by atoms with van der Waals surface area (Å²) in [4.78, 5) is 37.7. The summed E-state index contributed by atoms with van der Waals surface area (Å²) in [5, 5.41) is 30.4. The van der Waals surface area contributed by atoms with Crippen molar-refractivity contribution in [2.24, 2.45) is 5.41 Å². The van der Waals surface area contributed by atoms with Crippen LogP contribution in [0.3, 0.4) is 0 Å². The molecular weight excluding hydrogens is 675 g/mol. The number of carbonyl (C=O) groups excluding carboxylic acids is 1. The highest BCUT2D eigenvalue weighted by Gasteiger charge is 2.42. The number of aliphatic carboxylic acids is 2. The largest absolute Gasteiger partial charge is 0.487 e. The van der Waals surface area contributed by atoms with Gasteiger partial charge >= 0.3 is 11.9 Å². The number of hydrogen-bond acceptors (Lipinski definition) is 9. The Hall–Kier alpha value is -4.50. The smallest absolute Gasteiger partial charge is 0.305 e. The molecule has 0 aliphatic carbocycles. The lowest BCUT2D eigenvalue weighted by molar-refractivity contribution is -0.140. The van der Waals surface area contributed by atoms with Crippen LogP contribution in [-0.4, -0.2) is 75.2 Å². The van der Waals surface area contributed by atoms with Gasteiger partial charge in [0.15, 0.2) is 0 Å². The lowest BCUT2D eigenvalue weighted by Gasteiger charge is -2.42. The van der Waals surface area contributed by atoms with Gasteiger partial charge in [0.05, 0.1) is 30.3 Å². The first kappa shape index (κ1) is 37.7. The van der Waals surface area contributed by atoms with E-state index < -0.39 is 58.8 Å². The van der Waals surface area contributed by atoms with E-state index in [1.807, 2.05) is 58.0 Å². The van der Waals surface area contributed by atoms with Gasteiger partial charge in [-0.1, -0.05) is 62.4 Å². The molecule has 1 amide bonds. The van der Waals surface area contributed by atoms with Gasteiger partial charge in [0.25, 0.3) is 0 Å². The molecule has 0 radical (unpaired) electrons. The van der Waals surface area contributed by atoms with Crippen molar-refractivity contribution in [2.75, 3.05) is 6.54 Å². The van der Waals surface area contributed by atoms with Crippen molar-refractivity contribution in [3.05, 3.63) is 82.4 Å². The van der Waals surface area contributed by atoms with Gasteiger partial charge in [0, 0.05) is 25.0 Å². The monoisotopic (exact) mass is 721 g/mol. The number of ether oxygens (including phenoxy) is 1. The van der Waals surface area contributed by atoms with Gasteiger partial charge in [0.2, 0.25) is 5.91 Å². The molecule has 1 aromatic heterocycles. The van der Waals surface area contributed by atoms with E-state index in [-0.39, 0.29) is 19.2 Å². The van der Waals surface area contributed by atoms with Gasteiger partial charge in [-0.05, 0) is 73.2 Å². The number of carboxylic acids is 2. The van der Waals surface area contributed by atoms with Crippen LogP contribution < -0.4 is 10.1 Å². The lowest BCUT2D eigenvalue weighted by atomic mass is 9.69. The van der Waals surface area contributed by atoms with E-state index >= 15 is 0 Å². The fourth-order valence-electron chi connectivity index (χ4n) is 6.87. The van der Waals surface area contributed by atoms with Gasteiger partial charge in [-0.25, -0.2) is 4.68 Å². The summed E-state index contributed by atoms with van der Waals surface area (Å²) in [7, 11) is -3.44. The van der Waals surface area contributed by atoms with E-state index in [1.54, 1.807) is 47.1 Å². The molecule has 14 heteroatoms. The fraction of sp³-hybridized carbons (Fsp3) is 0.432. The Morgan fingerprint density at radius 2 is 1.71 bits per heavy atom. The molecule has 2 atom stereocenters. The van der Waals surface area contributed by atoms with Crippen LogP contribution in [0.1, 0.15) is 80.7 Å². The van der Waals surface area contributed by atoms with Crippen LogP contribution in [0.15, 0.2) is 59.5 Å². The predicted octanol–water partition coefficient (Wildman–Crippen LogP) is 6.36. The Bertz CT molecular complexity index is 1930. The molecule has 1 aliphatic rings. The maximum Gasteiger partial charge on any atom is 0.305 e. The number of aromatic nitrogens is 3. The average Bonchev–Trinajstić information content (AvgIpc) is 3.45. The molecule has 51 heavy (non-hydrogen) atoms. The van der Waals surface area contributed by atoms with E-state index in [4.69, 9.17) is 4.74 Å². The third-order valence-electron chi connectivity index (χ3n) is 9.79. The first-order chi connectivity index (χ1) is 24.1. The molecule has 3 aromatic carbocycles. The Labute approximate surface area is 299 Å². The maximum atomic E-state index is 14.2. The number of para-hydroxylation sites is 1. The number of nitrogens with zero attached hydrogens (tertiary/aromatic N) is 4. The molecule has 2 unspecified atom stereocenters. The van der Waals surface area contributed by atoms with Crippen LogP contribution >= 0.6 is 10.8 Å². The van der Waals surface area contributed by atoms with Crippen molar-refractivity contribution >= 4 is 39.7 Å². The summed E-state index contributed by atoms with van der Waals surface area (Å²) in [5.41, 5.74) is 4.36. The molecule has 0 saturated carbocycles. The Balaban J connectivity index is 1.62. The summed E-state index contributed by atoms with van der Waals surface area (Å²) < 4.78 is 33.0. The molecule has 274 valence electrons. The molecule has 0 fully saturated rings. The fourth-order valence-corrected chi connectivity index (χ4v) is 8.49. The molecule has 0 spiro atoms. The van der Waals surface area contributed by atoms with E-state index in [9.17, 15) is 33.7 Å². The maximum absolute atomic E-state index is 14.2. The number of amides is 1. The zero-order valence-corrected chi connectivity index (χ0v) is 30.6. The second kappa shape index (κ2) is 15.0. The molecule has 0 bridgehead atoms. The first-order valence-corrected chi connectivity index (χ1v) is 18.5. The Morgan fingerprint density at radius 3 is 2.35 bits per heavy atom. The van der Waals surface area contributed by atoms with Crippen LogP contribution in [0.25, 0.3) is 11.0 Å². The highest BCUT2D eigenvalue weighted by atomic mass is 32.3. The zero-order chi connectivity index (χ0) is 37.2. The van der Waals surface area contributed by atoms with E-state index in [1.165, 1.54) is 0 Å². The lowest BCUT2D eigenvalue weighted by Crippen LogP contribution is -2.47. The summed E-state index contributed by atoms with van der Waals surface area (Å²) >= 11 is 0. The van der Waals surface area contributed by atoms with Gasteiger partial charge in [-0.3, -0.25) is 23.5 Å². The van der Waals surface area contributed by atoms with Crippen molar-refractivity contribution < 1.29 is 38.4 Å². The molecule has 0 saturated heterocycles. The third kappa shape index (κ3) is 7.74. The average molecular weight is 722 g/mol. The predicted molar refractivity (Wildman–Crippen MR) is 194 cm³/mol. The summed E-state index contributed by atoms with van der Waals surface area (Å²) in [6.45, 7) is 12.4. The highest BCUT2D eigenvalue weighted by Crippen LogP contribution is 2.57. The molecule has 2 heterocycles. The van der Waals surface area contributed by atoms with E-state index in [0.717, 1.165) is 33.3 Å². The van der Waals surface area contributed by atoms with Crippen LogP contribution in [0.5, 0.6) is 5.75 Å². The van der Waals surface area contributed by atoms with Crippen LogP contribution in [-0.2, 0) is 27.5 Å². The van der Waals surface area contributed by atoms with Crippen LogP contribution in [0.4, 0.5) is 0 Å². The highest BCUT2D eigenvalue weighted by molar-refractivity contribution is 8.22. The minimum absolute atomic E-state index is 0.178. The van der Waals surface area contributed by atoms with E-state index in [2.05, 4.69) is 15.6 Å². The van der Waals surface area contributed by atoms with Crippen molar-refractivity contribution in [2.45, 2.75) is 96.9 Å². The molecule has 5 rings (SSSR count). The number of aryl methyl sites for hydroxylation is 3. The number of hydrogen-bond donors (Lipinski definition) is 5. The Kier molecular flexibility index (Phi) is 11.1. The number of fused-ring (bicyclic) bond motifs is 2. The minimum atomic E-state index is -3.44. The minimum Gasteiger partial charge on any atom is -0.487 e. The van der Waals surface area contributed by atoms with Crippen LogP contribution in [0, 0.1) is 19.3 Å². The molecule has 4 aromatic rings. The zero-order valence-electron chi connectivity index (χ0n) is 29.8. The first-order valence-electron chi connectivity index (χ1n) is 17.0. The van der Waals surface area contributed by atoms with Gasteiger partial charge < -0.3 is 20.3 Å². The molecule has 1 aliphatic heterocycles. The number of carbonyl (C=O) groups is 3. The van der Waals surface area contributed by atoms with Crippen LogP contribution in [0.2, 0.25) is 0 Å². The summed E-state index contributed by atoms with van der Waals surface area (Å²) in [5.74, 6) is -3.14. The molecular formula is C37H47N5O8S. The summed E-state index contributed by atoms with van der Waals surface area (Å²) in [6.07, 6.45) is -0.729. The van der Waals surface area contributed by atoms with Crippen molar-refractivity contribution in [1.82, 2.24) is 24.6 Å². The normalized spacial score (nSPS) is 17.3. The van der Waals surface area contributed by atoms with E-state index in [0.29, 0.717) is 29.1 Å². The van der Waals surface area contributed by atoms with Gasteiger partial charge in [-0.2, -0.15) is 4.31 Å². The number of nitrogens with one attached hydrogen (secondary N) is 1. The Morgan fingerprint density at radius 1 is 1.02 bits per heavy atom. The third-order valence-corrected chi connectivity index (χ3v) is 11.7. The number of carboxylic acid groups (broad SMARTS) is 2. The topological polar surface area (TPSA) is 187 Å². The second-order valence-electron chi connectivity index (χ2n) is 13.7. The second-order valence-corrected chi connectivity index (χ2v) is 15.7. The van der Waals surface area contributed by atoms with Crippen molar-refractivity contribution in [3.8, 4) is 5.75 Å². The van der Waals surface area contributed by atoms with Crippen molar-refractivity contribution in [3.63, 3.8) is 0 Å². The molecule has 5 N–H and O–H groups in total. The molecule has 13 nitrogen and oxygen atoms in total. The SMILES string of the molecule is CCC1CN(Cc2cc(C(c3ccc4c(nnn4CC)c3C)C(C)(C)C(=O)NC(CC(=O)O)CC(=O)O)ccc2C)S(O)(O)c2ccccc2O1. The number of rotatable bonds is 13. The standard InChI is InChI=1S/C37H47N5O8S/c1-7-27-21-41(51(48,49)31-12-10-9-11-30(31)50-27)20-25-17-24(14-13-22(25)3)34(28-15-16-29-35(23(28)4)39-40-42(29)8-2)37(5,6)36(47)38-26(18-32(43)44)19-33(45)46/h9-17,26-27,34,48-49H,7-8,18-21H2,1-6H3,(H,38,47)(H,43,44)(H,45,46). The van der Waals surface area contributed by atoms with Crippen molar-refractivity contribution in [1.29, 1.82) is 0 Å².